The van der Waals surface area contributed by atoms with Gasteiger partial charge in [-0.15, -0.1) is 11.3 Å². The van der Waals surface area contributed by atoms with Crippen LogP contribution in [0.4, 0.5) is 5.69 Å². The molecule has 1 heterocycles. The number of aromatic nitrogens is 1. The summed E-state index contributed by atoms with van der Waals surface area (Å²) in [6.45, 7) is 2.34. The van der Waals surface area contributed by atoms with Crippen molar-refractivity contribution in [2.24, 2.45) is 0 Å². The van der Waals surface area contributed by atoms with Crippen molar-refractivity contribution in [1.82, 2.24) is 4.98 Å². The van der Waals surface area contributed by atoms with Crippen LogP contribution in [0.5, 0.6) is 0 Å². The van der Waals surface area contributed by atoms with Crippen molar-refractivity contribution >= 4 is 28.9 Å². The fourth-order valence-electron chi connectivity index (χ4n) is 1.49. The molecule has 0 spiro atoms. The van der Waals surface area contributed by atoms with E-state index in [4.69, 9.17) is 4.74 Å². The molecule has 5 nitrogen and oxygen atoms in total. The molecule has 0 saturated carbocycles. The van der Waals surface area contributed by atoms with Gasteiger partial charge in [0.2, 0.25) is 0 Å². The van der Waals surface area contributed by atoms with Crippen LogP contribution in [0.15, 0.2) is 35.2 Å². The number of hydrogen-bond donors (Lipinski definition) is 1. The normalized spacial score (nSPS) is 10.1. The number of carbonyl (C=O) groups excluding carboxylic acids is 2. The number of thiazole rings is 1. The van der Waals surface area contributed by atoms with E-state index in [2.05, 4.69) is 10.3 Å². The Balaban J connectivity index is 1.98. The molecular formula is C14H14N2O3S. The largest absolute Gasteiger partial charge is 0.462 e. The molecule has 2 aromatic rings. The summed E-state index contributed by atoms with van der Waals surface area (Å²) >= 11 is 1.36. The van der Waals surface area contributed by atoms with E-state index < -0.39 is 0 Å². The van der Waals surface area contributed by atoms with Gasteiger partial charge in [0.1, 0.15) is 5.69 Å². The van der Waals surface area contributed by atoms with Gasteiger partial charge in [-0.1, -0.05) is 6.92 Å². The predicted molar refractivity (Wildman–Crippen MR) is 77.1 cm³/mol. The molecule has 0 unspecified atom stereocenters. The number of nitrogens with one attached hydrogen (secondary N) is 1. The van der Waals surface area contributed by atoms with Gasteiger partial charge in [0, 0.05) is 11.1 Å². The number of benzene rings is 1. The second-order valence-corrected chi connectivity index (χ2v) is 4.76. The van der Waals surface area contributed by atoms with Gasteiger partial charge in [-0.2, -0.15) is 0 Å². The summed E-state index contributed by atoms with van der Waals surface area (Å²) in [6.07, 6.45) is 0.785. The highest BCUT2D eigenvalue weighted by atomic mass is 32.1. The first-order valence-corrected chi connectivity index (χ1v) is 7.11. The van der Waals surface area contributed by atoms with Crippen LogP contribution in [0.1, 0.15) is 34.2 Å². The number of carbonyl (C=O) groups is 2. The number of anilines is 1. The lowest BCUT2D eigenvalue weighted by molar-refractivity contribution is 0.0505. The SMILES string of the molecule is CCCOC(=O)c1ccc(NC(=O)c2cscn2)cc1. The molecule has 0 radical (unpaired) electrons. The molecule has 104 valence electrons. The first-order chi connectivity index (χ1) is 9.70. The van der Waals surface area contributed by atoms with E-state index in [9.17, 15) is 9.59 Å². The molecule has 2 rings (SSSR count). The quantitative estimate of drug-likeness (QED) is 0.860. The molecule has 0 bridgehead atoms. The topological polar surface area (TPSA) is 68.3 Å². The molecule has 0 aliphatic rings. The van der Waals surface area contributed by atoms with Crippen molar-refractivity contribution in [1.29, 1.82) is 0 Å². The van der Waals surface area contributed by atoms with Crippen molar-refractivity contribution in [2.75, 3.05) is 11.9 Å². The summed E-state index contributed by atoms with van der Waals surface area (Å²) in [6, 6.07) is 6.56. The molecule has 20 heavy (non-hydrogen) atoms. The monoisotopic (exact) mass is 290 g/mol. The van der Waals surface area contributed by atoms with Crippen LogP contribution in [-0.2, 0) is 4.74 Å². The minimum Gasteiger partial charge on any atom is -0.462 e. The van der Waals surface area contributed by atoms with Gasteiger partial charge in [-0.05, 0) is 30.7 Å². The maximum Gasteiger partial charge on any atom is 0.338 e. The highest BCUT2D eigenvalue weighted by Gasteiger charge is 2.09. The third-order valence-electron chi connectivity index (χ3n) is 2.48. The third kappa shape index (κ3) is 3.64. The van der Waals surface area contributed by atoms with E-state index in [1.165, 1.54) is 11.3 Å². The fourth-order valence-corrected chi connectivity index (χ4v) is 2.02. The second kappa shape index (κ2) is 6.81. The standard InChI is InChI=1S/C14H14N2O3S/c1-2-7-19-14(18)10-3-5-11(6-4-10)16-13(17)12-8-20-9-15-12/h3-6,8-9H,2,7H2,1H3,(H,16,17). The summed E-state index contributed by atoms with van der Waals surface area (Å²) in [5.74, 6) is -0.628. The van der Waals surface area contributed by atoms with Crippen molar-refractivity contribution in [3.63, 3.8) is 0 Å². The maximum atomic E-state index is 11.8. The van der Waals surface area contributed by atoms with Crippen molar-refractivity contribution in [3.05, 3.63) is 46.4 Å². The number of ether oxygens (including phenoxy) is 1. The lowest BCUT2D eigenvalue weighted by atomic mass is 10.2. The Hall–Kier alpha value is -2.21. The van der Waals surface area contributed by atoms with E-state index in [-0.39, 0.29) is 11.9 Å². The number of nitrogens with zero attached hydrogens (tertiary/aromatic N) is 1. The molecule has 0 aliphatic carbocycles. The lowest BCUT2D eigenvalue weighted by Gasteiger charge is -2.05. The second-order valence-electron chi connectivity index (χ2n) is 4.04. The molecule has 1 amide bonds. The Labute approximate surface area is 120 Å². The van der Waals surface area contributed by atoms with Gasteiger partial charge in [0.05, 0.1) is 17.7 Å². The van der Waals surface area contributed by atoms with E-state index in [0.29, 0.717) is 23.6 Å². The molecule has 0 atom stereocenters. The van der Waals surface area contributed by atoms with Gasteiger partial charge < -0.3 is 10.1 Å². The Morgan fingerprint density at radius 3 is 2.65 bits per heavy atom. The molecular weight excluding hydrogens is 276 g/mol. The first kappa shape index (κ1) is 14.2. The molecule has 0 fully saturated rings. The van der Waals surface area contributed by atoms with Crippen molar-refractivity contribution in [2.45, 2.75) is 13.3 Å². The smallest absolute Gasteiger partial charge is 0.338 e. The van der Waals surface area contributed by atoms with Gasteiger partial charge in [0.25, 0.3) is 5.91 Å². The zero-order valence-electron chi connectivity index (χ0n) is 11.0. The van der Waals surface area contributed by atoms with Crippen LogP contribution in [0.2, 0.25) is 0 Å². The van der Waals surface area contributed by atoms with Crippen molar-refractivity contribution < 1.29 is 14.3 Å². The van der Waals surface area contributed by atoms with Crippen LogP contribution in [0.3, 0.4) is 0 Å². The maximum absolute atomic E-state index is 11.8. The summed E-state index contributed by atoms with van der Waals surface area (Å²) in [5, 5.41) is 4.38. The Kier molecular flexibility index (Phi) is 4.84. The molecule has 1 N–H and O–H groups in total. The number of esters is 1. The summed E-state index contributed by atoms with van der Waals surface area (Å²) in [5.41, 5.74) is 3.04. The predicted octanol–water partition coefficient (Wildman–Crippen LogP) is 2.96. The highest BCUT2D eigenvalue weighted by Crippen LogP contribution is 2.12. The van der Waals surface area contributed by atoms with Gasteiger partial charge >= 0.3 is 5.97 Å². The Morgan fingerprint density at radius 1 is 1.30 bits per heavy atom. The summed E-state index contributed by atoms with van der Waals surface area (Å²) in [7, 11) is 0. The van der Waals surface area contributed by atoms with E-state index in [1.807, 2.05) is 6.92 Å². The minimum atomic E-state index is -0.357. The third-order valence-corrected chi connectivity index (χ3v) is 3.07. The van der Waals surface area contributed by atoms with Gasteiger partial charge in [-0.25, -0.2) is 9.78 Å². The number of amides is 1. The molecule has 1 aromatic carbocycles. The highest BCUT2D eigenvalue weighted by molar-refractivity contribution is 7.07. The molecule has 0 saturated heterocycles. The van der Waals surface area contributed by atoms with Gasteiger partial charge in [0.15, 0.2) is 0 Å². The van der Waals surface area contributed by atoms with E-state index in [0.717, 1.165) is 6.42 Å². The lowest BCUT2D eigenvalue weighted by Crippen LogP contribution is -2.12. The summed E-state index contributed by atoms with van der Waals surface area (Å²) < 4.78 is 5.02. The van der Waals surface area contributed by atoms with Gasteiger partial charge in [-0.3, -0.25) is 4.79 Å². The zero-order chi connectivity index (χ0) is 14.4. The Morgan fingerprint density at radius 2 is 2.05 bits per heavy atom. The Bertz CT molecular complexity index is 579. The van der Waals surface area contributed by atoms with Crippen LogP contribution in [-0.4, -0.2) is 23.5 Å². The van der Waals surface area contributed by atoms with Crippen LogP contribution >= 0.6 is 11.3 Å². The van der Waals surface area contributed by atoms with Crippen LogP contribution < -0.4 is 5.32 Å². The first-order valence-electron chi connectivity index (χ1n) is 6.17. The molecule has 0 aliphatic heterocycles. The molecule has 1 aromatic heterocycles. The molecule has 6 heteroatoms. The average molecular weight is 290 g/mol. The van der Waals surface area contributed by atoms with Crippen molar-refractivity contribution in [3.8, 4) is 0 Å². The minimum absolute atomic E-state index is 0.271. The zero-order valence-corrected chi connectivity index (χ0v) is 11.8. The van der Waals surface area contributed by atoms with E-state index >= 15 is 0 Å². The number of hydrogen-bond acceptors (Lipinski definition) is 5. The summed E-state index contributed by atoms with van der Waals surface area (Å²) in [4.78, 5) is 27.3. The van der Waals surface area contributed by atoms with E-state index in [1.54, 1.807) is 35.2 Å². The fraction of sp³-hybridized carbons (Fsp3) is 0.214. The van der Waals surface area contributed by atoms with Crippen LogP contribution in [0, 0.1) is 0 Å². The number of rotatable bonds is 5. The average Bonchev–Trinajstić information content (AvgIpc) is 3.00. The van der Waals surface area contributed by atoms with Crippen LogP contribution in [0.25, 0.3) is 0 Å².